The van der Waals surface area contributed by atoms with Gasteiger partial charge in [-0.3, -0.25) is 0 Å². The standard InChI is InChI=1S/C25H41F3O3/c1-6-7-8-9-10-11-14-21(25(29,30-18(2)3)31-19(4)5)15-12-13-20-16-22(26)24(28)23(27)17-20/h16-19,21,29H,6-15H2,1-5H3. The number of hydrogen-bond donors (Lipinski definition) is 1. The van der Waals surface area contributed by atoms with Gasteiger partial charge in [0.2, 0.25) is 0 Å². The van der Waals surface area contributed by atoms with E-state index in [0.29, 0.717) is 24.8 Å². The van der Waals surface area contributed by atoms with Crippen LogP contribution in [0.2, 0.25) is 0 Å². The van der Waals surface area contributed by atoms with E-state index < -0.39 is 23.4 Å². The second-order valence-electron chi connectivity index (χ2n) is 8.98. The van der Waals surface area contributed by atoms with Crippen molar-refractivity contribution in [2.24, 2.45) is 5.92 Å². The van der Waals surface area contributed by atoms with E-state index in [2.05, 4.69) is 6.92 Å². The van der Waals surface area contributed by atoms with Crippen molar-refractivity contribution in [3.63, 3.8) is 0 Å². The van der Waals surface area contributed by atoms with Crippen LogP contribution in [-0.2, 0) is 15.9 Å². The fourth-order valence-electron chi connectivity index (χ4n) is 3.88. The lowest BCUT2D eigenvalue weighted by atomic mass is 9.91. The van der Waals surface area contributed by atoms with Crippen molar-refractivity contribution < 1.29 is 27.8 Å². The topological polar surface area (TPSA) is 38.7 Å². The molecule has 0 aliphatic rings. The molecule has 0 fully saturated rings. The van der Waals surface area contributed by atoms with Gasteiger partial charge in [-0.2, -0.15) is 0 Å². The lowest BCUT2D eigenvalue weighted by molar-refractivity contribution is -0.407. The van der Waals surface area contributed by atoms with Gasteiger partial charge >= 0.3 is 0 Å². The van der Waals surface area contributed by atoms with Gasteiger partial charge < -0.3 is 14.6 Å². The summed E-state index contributed by atoms with van der Waals surface area (Å²) in [5, 5.41) is 11.3. The monoisotopic (exact) mass is 446 g/mol. The van der Waals surface area contributed by atoms with Gasteiger partial charge in [-0.05, 0) is 71.1 Å². The van der Waals surface area contributed by atoms with Crippen molar-refractivity contribution >= 4 is 0 Å². The van der Waals surface area contributed by atoms with E-state index in [1.807, 2.05) is 27.7 Å². The number of aryl methyl sites for hydroxylation is 1. The van der Waals surface area contributed by atoms with Gasteiger partial charge in [-0.15, -0.1) is 0 Å². The van der Waals surface area contributed by atoms with Crippen molar-refractivity contribution in [3.8, 4) is 0 Å². The fraction of sp³-hybridized carbons (Fsp3) is 0.760. The summed E-state index contributed by atoms with van der Waals surface area (Å²) in [6.07, 6.45) is 8.58. The van der Waals surface area contributed by atoms with Crippen molar-refractivity contribution in [1.29, 1.82) is 0 Å². The van der Waals surface area contributed by atoms with Gasteiger partial charge in [0.05, 0.1) is 12.2 Å². The van der Waals surface area contributed by atoms with Crippen LogP contribution in [0.4, 0.5) is 13.2 Å². The van der Waals surface area contributed by atoms with E-state index in [1.54, 1.807) is 0 Å². The highest BCUT2D eigenvalue weighted by atomic mass is 19.2. The Morgan fingerprint density at radius 1 is 0.806 bits per heavy atom. The summed E-state index contributed by atoms with van der Waals surface area (Å²) in [6, 6.07) is 2.06. The van der Waals surface area contributed by atoms with Gasteiger partial charge in [-0.25, -0.2) is 13.2 Å². The van der Waals surface area contributed by atoms with E-state index in [4.69, 9.17) is 9.47 Å². The van der Waals surface area contributed by atoms with Gasteiger partial charge in [-0.1, -0.05) is 45.4 Å². The first-order chi connectivity index (χ1) is 14.6. The first kappa shape index (κ1) is 27.9. The Morgan fingerprint density at radius 2 is 1.29 bits per heavy atom. The van der Waals surface area contributed by atoms with E-state index in [-0.39, 0.29) is 18.1 Å². The summed E-state index contributed by atoms with van der Waals surface area (Å²) in [7, 11) is 0. The van der Waals surface area contributed by atoms with E-state index in [0.717, 1.165) is 37.8 Å². The molecule has 0 saturated heterocycles. The largest absolute Gasteiger partial charge is 0.343 e. The lowest BCUT2D eigenvalue weighted by Gasteiger charge is -2.38. The number of benzene rings is 1. The molecule has 0 bridgehead atoms. The maximum atomic E-state index is 13.5. The van der Waals surface area contributed by atoms with E-state index >= 15 is 0 Å². The van der Waals surface area contributed by atoms with Crippen LogP contribution in [-0.4, -0.2) is 23.3 Å². The number of ether oxygens (including phenoxy) is 2. The molecule has 1 unspecified atom stereocenters. The summed E-state index contributed by atoms with van der Waals surface area (Å²) in [4.78, 5) is 0. The lowest BCUT2D eigenvalue weighted by Crippen LogP contribution is -2.47. The zero-order valence-electron chi connectivity index (χ0n) is 19.9. The first-order valence-electron chi connectivity index (χ1n) is 11.8. The predicted octanol–water partition coefficient (Wildman–Crippen LogP) is 7.29. The minimum atomic E-state index is -1.72. The van der Waals surface area contributed by atoms with E-state index in [1.165, 1.54) is 19.3 Å². The van der Waals surface area contributed by atoms with Crippen molar-refractivity contribution in [2.75, 3.05) is 0 Å². The van der Waals surface area contributed by atoms with Crippen molar-refractivity contribution in [1.82, 2.24) is 0 Å². The second kappa shape index (κ2) is 14.1. The zero-order valence-corrected chi connectivity index (χ0v) is 19.9. The molecule has 0 heterocycles. The van der Waals surface area contributed by atoms with Crippen LogP contribution in [0.5, 0.6) is 0 Å². The average molecular weight is 447 g/mol. The molecule has 0 radical (unpaired) electrons. The fourth-order valence-corrected chi connectivity index (χ4v) is 3.88. The van der Waals surface area contributed by atoms with Gasteiger partial charge in [0.15, 0.2) is 17.5 Å². The van der Waals surface area contributed by atoms with Gasteiger partial charge in [0.25, 0.3) is 5.97 Å². The highest BCUT2D eigenvalue weighted by Gasteiger charge is 2.40. The molecule has 3 nitrogen and oxygen atoms in total. The van der Waals surface area contributed by atoms with Crippen molar-refractivity contribution in [3.05, 3.63) is 35.1 Å². The SMILES string of the molecule is CCCCCCCCC(CCCc1cc(F)c(F)c(F)c1)C(O)(OC(C)C)OC(C)C. The number of unbranched alkanes of at least 4 members (excludes halogenated alkanes) is 5. The first-order valence-corrected chi connectivity index (χ1v) is 11.8. The summed E-state index contributed by atoms with van der Waals surface area (Å²) in [5.41, 5.74) is 0.396. The van der Waals surface area contributed by atoms with Crippen LogP contribution in [0, 0.1) is 23.4 Å². The molecular formula is C25H41F3O3. The highest BCUT2D eigenvalue weighted by Crippen LogP contribution is 2.33. The van der Waals surface area contributed by atoms with Crippen LogP contribution in [0.1, 0.15) is 98.0 Å². The van der Waals surface area contributed by atoms with Crippen LogP contribution in [0.25, 0.3) is 0 Å². The van der Waals surface area contributed by atoms with E-state index in [9.17, 15) is 18.3 Å². The molecule has 180 valence electrons. The maximum Gasteiger partial charge on any atom is 0.283 e. The molecule has 31 heavy (non-hydrogen) atoms. The molecule has 0 aromatic heterocycles. The summed E-state index contributed by atoms with van der Waals surface area (Å²) < 4.78 is 51.9. The summed E-state index contributed by atoms with van der Waals surface area (Å²) in [5.74, 6) is -5.80. The number of aliphatic hydroxyl groups is 1. The van der Waals surface area contributed by atoms with Gasteiger partial charge in [0.1, 0.15) is 0 Å². The smallest absolute Gasteiger partial charge is 0.283 e. The summed E-state index contributed by atoms with van der Waals surface area (Å²) >= 11 is 0. The molecule has 0 saturated carbocycles. The third-order valence-corrected chi connectivity index (χ3v) is 5.29. The third-order valence-electron chi connectivity index (χ3n) is 5.29. The third kappa shape index (κ3) is 10.4. The van der Waals surface area contributed by atoms with Gasteiger partial charge in [0, 0.05) is 5.92 Å². The Labute approximate surface area is 186 Å². The predicted molar refractivity (Wildman–Crippen MR) is 118 cm³/mol. The molecule has 0 spiro atoms. The number of rotatable bonds is 16. The second-order valence-corrected chi connectivity index (χ2v) is 8.98. The Morgan fingerprint density at radius 3 is 1.81 bits per heavy atom. The molecule has 0 amide bonds. The molecular weight excluding hydrogens is 405 g/mol. The quantitative estimate of drug-likeness (QED) is 0.165. The van der Waals surface area contributed by atoms with Crippen LogP contribution < -0.4 is 0 Å². The molecule has 0 aliphatic carbocycles. The van der Waals surface area contributed by atoms with Crippen LogP contribution in [0.3, 0.4) is 0 Å². The average Bonchev–Trinajstić information content (AvgIpc) is 2.65. The zero-order chi connectivity index (χ0) is 23.4. The highest BCUT2D eigenvalue weighted by molar-refractivity contribution is 5.19. The van der Waals surface area contributed by atoms with Crippen LogP contribution in [0.15, 0.2) is 12.1 Å². The molecule has 6 heteroatoms. The minimum absolute atomic E-state index is 0.226. The molecule has 0 aliphatic heterocycles. The van der Waals surface area contributed by atoms with Crippen molar-refractivity contribution in [2.45, 2.75) is 117 Å². The Kier molecular flexibility index (Phi) is 12.7. The minimum Gasteiger partial charge on any atom is -0.343 e. The maximum absolute atomic E-state index is 13.5. The Hall–Kier alpha value is -1.11. The molecule has 1 aromatic rings. The molecule has 1 atom stereocenters. The molecule has 1 aromatic carbocycles. The summed E-state index contributed by atoms with van der Waals surface area (Å²) in [6.45, 7) is 9.57. The molecule has 1 N–H and O–H groups in total. The Balaban J connectivity index is 2.82. The number of hydrogen-bond acceptors (Lipinski definition) is 3. The molecule has 1 rings (SSSR count). The normalized spacial score (nSPS) is 13.4. The number of halogens is 3. The Bertz CT molecular complexity index is 601. The van der Waals surface area contributed by atoms with Crippen LogP contribution >= 0.6 is 0 Å².